The van der Waals surface area contributed by atoms with Crippen molar-refractivity contribution in [3.8, 4) is 0 Å². The van der Waals surface area contributed by atoms with Crippen molar-refractivity contribution < 1.29 is 19.0 Å². The molecule has 0 unspecified atom stereocenters. The van der Waals surface area contributed by atoms with Crippen LogP contribution in [0.3, 0.4) is 0 Å². The molecule has 2 atom stereocenters. The minimum absolute atomic E-state index is 0.00380. The smallest absolute Gasteiger partial charge is 0.305 e. The summed E-state index contributed by atoms with van der Waals surface area (Å²) < 4.78 is 16.0. The molecule has 0 bridgehead atoms. The molecule has 0 saturated carbocycles. The fraction of sp³-hybridized carbons (Fsp3) is 0.909. The third kappa shape index (κ3) is 3.47. The molecule has 0 radical (unpaired) electrons. The molecule has 0 aromatic rings. The summed E-state index contributed by atoms with van der Waals surface area (Å²) in [6, 6.07) is 0. The summed E-state index contributed by atoms with van der Waals surface area (Å²) in [6.07, 6.45) is 2.04. The Bertz CT molecular complexity index is 225. The molecule has 1 saturated heterocycles. The van der Waals surface area contributed by atoms with Gasteiger partial charge in [0.25, 0.3) is 0 Å². The van der Waals surface area contributed by atoms with Crippen LogP contribution >= 0.6 is 0 Å². The summed E-state index contributed by atoms with van der Waals surface area (Å²) in [7, 11) is 1.40. The van der Waals surface area contributed by atoms with E-state index in [9.17, 15) is 4.79 Å². The first-order valence-corrected chi connectivity index (χ1v) is 5.41. The number of esters is 1. The molecule has 1 aliphatic heterocycles. The topological polar surface area (TPSA) is 44.8 Å². The number of hydrogen-bond donors (Lipinski definition) is 0. The summed E-state index contributed by atoms with van der Waals surface area (Å²) in [5, 5.41) is 0. The minimum Gasteiger partial charge on any atom is -0.469 e. The first-order chi connectivity index (χ1) is 6.98. The second kappa shape index (κ2) is 4.94. The first-order valence-electron chi connectivity index (χ1n) is 5.41. The zero-order chi connectivity index (χ0) is 11.5. The molecule has 0 spiro atoms. The Balaban J connectivity index is 2.43. The van der Waals surface area contributed by atoms with E-state index in [2.05, 4.69) is 11.7 Å². The van der Waals surface area contributed by atoms with Crippen molar-refractivity contribution in [1.82, 2.24) is 0 Å². The van der Waals surface area contributed by atoms with Crippen LogP contribution in [0.15, 0.2) is 0 Å². The van der Waals surface area contributed by atoms with Crippen LogP contribution in [-0.2, 0) is 19.0 Å². The fourth-order valence-corrected chi connectivity index (χ4v) is 1.86. The van der Waals surface area contributed by atoms with Crippen LogP contribution in [0.4, 0.5) is 0 Å². The zero-order valence-electron chi connectivity index (χ0n) is 9.91. The normalized spacial score (nSPS) is 29.1. The fourth-order valence-electron chi connectivity index (χ4n) is 1.86. The van der Waals surface area contributed by atoms with Gasteiger partial charge < -0.3 is 14.2 Å². The molecule has 0 N–H and O–H groups in total. The van der Waals surface area contributed by atoms with Gasteiger partial charge in [0.2, 0.25) is 0 Å². The maximum Gasteiger partial charge on any atom is 0.305 e. The van der Waals surface area contributed by atoms with Crippen molar-refractivity contribution in [3.05, 3.63) is 0 Å². The standard InChI is InChI=1S/C11H20O4/c1-5-8-9(6-7-10(12)13-4)15-11(2,3)14-8/h8-9H,5-7H2,1-4H3/t8-,9+/m1/s1. The molecule has 15 heavy (non-hydrogen) atoms. The Labute approximate surface area is 90.9 Å². The summed E-state index contributed by atoms with van der Waals surface area (Å²) in [5.74, 6) is -0.722. The van der Waals surface area contributed by atoms with Crippen LogP contribution in [0.1, 0.15) is 40.0 Å². The van der Waals surface area contributed by atoms with Crippen LogP contribution < -0.4 is 0 Å². The van der Waals surface area contributed by atoms with E-state index in [1.165, 1.54) is 7.11 Å². The van der Waals surface area contributed by atoms with Crippen LogP contribution in [0.5, 0.6) is 0 Å². The SMILES string of the molecule is CC[C@H]1OC(C)(C)O[C@H]1CCC(=O)OC. The number of hydrogen-bond acceptors (Lipinski definition) is 4. The minimum atomic E-state index is -0.526. The van der Waals surface area contributed by atoms with Gasteiger partial charge in [-0.2, -0.15) is 0 Å². The highest BCUT2D eigenvalue weighted by Crippen LogP contribution is 2.31. The molecule has 4 nitrogen and oxygen atoms in total. The molecule has 0 amide bonds. The third-order valence-electron chi connectivity index (χ3n) is 2.55. The third-order valence-corrected chi connectivity index (χ3v) is 2.55. The Hall–Kier alpha value is -0.610. The molecule has 0 aliphatic carbocycles. The van der Waals surface area contributed by atoms with Gasteiger partial charge in [-0.3, -0.25) is 4.79 Å². The second-order valence-electron chi connectivity index (χ2n) is 4.24. The number of carbonyl (C=O) groups is 1. The number of carbonyl (C=O) groups excluding carboxylic acids is 1. The molecular formula is C11H20O4. The molecule has 4 heteroatoms. The van der Waals surface area contributed by atoms with Gasteiger partial charge in [-0.1, -0.05) is 6.92 Å². The number of ether oxygens (including phenoxy) is 3. The average Bonchev–Trinajstić information content (AvgIpc) is 2.49. The van der Waals surface area contributed by atoms with Crippen LogP contribution in [0.2, 0.25) is 0 Å². The van der Waals surface area contributed by atoms with Crippen molar-refractivity contribution in [1.29, 1.82) is 0 Å². The van der Waals surface area contributed by atoms with Gasteiger partial charge in [0.1, 0.15) is 0 Å². The molecule has 1 rings (SSSR count). The quantitative estimate of drug-likeness (QED) is 0.673. The predicted molar refractivity (Wildman–Crippen MR) is 55.4 cm³/mol. The van der Waals surface area contributed by atoms with Crippen LogP contribution in [0, 0.1) is 0 Å². The lowest BCUT2D eigenvalue weighted by Gasteiger charge is -2.16. The molecule has 1 fully saturated rings. The Kier molecular flexibility index (Phi) is 4.11. The Morgan fingerprint density at radius 1 is 1.33 bits per heavy atom. The molecule has 0 aromatic carbocycles. The van der Waals surface area contributed by atoms with Crippen LogP contribution in [0.25, 0.3) is 0 Å². The van der Waals surface area contributed by atoms with E-state index < -0.39 is 5.79 Å². The van der Waals surface area contributed by atoms with Crippen molar-refractivity contribution in [2.45, 2.75) is 58.0 Å². The van der Waals surface area contributed by atoms with Gasteiger partial charge in [0.15, 0.2) is 5.79 Å². The highest BCUT2D eigenvalue weighted by atomic mass is 16.7. The summed E-state index contributed by atoms with van der Waals surface area (Å²) >= 11 is 0. The second-order valence-corrected chi connectivity index (χ2v) is 4.24. The highest BCUT2D eigenvalue weighted by Gasteiger charge is 2.39. The molecule has 1 heterocycles. The Morgan fingerprint density at radius 3 is 2.47 bits per heavy atom. The van der Waals surface area contributed by atoms with E-state index in [1.807, 2.05) is 13.8 Å². The van der Waals surface area contributed by atoms with E-state index in [0.29, 0.717) is 12.8 Å². The van der Waals surface area contributed by atoms with Gasteiger partial charge in [0.05, 0.1) is 19.3 Å². The van der Waals surface area contributed by atoms with Crippen molar-refractivity contribution in [2.75, 3.05) is 7.11 Å². The predicted octanol–water partition coefficient (Wildman–Crippen LogP) is 1.87. The zero-order valence-corrected chi connectivity index (χ0v) is 9.91. The van der Waals surface area contributed by atoms with E-state index in [4.69, 9.17) is 9.47 Å². The monoisotopic (exact) mass is 216 g/mol. The van der Waals surface area contributed by atoms with E-state index in [1.54, 1.807) is 0 Å². The maximum atomic E-state index is 11.0. The summed E-state index contributed by atoms with van der Waals surface area (Å²) in [4.78, 5) is 11.0. The van der Waals surface area contributed by atoms with Gasteiger partial charge in [-0.05, 0) is 26.7 Å². The summed E-state index contributed by atoms with van der Waals surface area (Å²) in [5.41, 5.74) is 0. The van der Waals surface area contributed by atoms with Gasteiger partial charge >= 0.3 is 5.97 Å². The van der Waals surface area contributed by atoms with Gasteiger partial charge in [-0.25, -0.2) is 0 Å². The molecule has 88 valence electrons. The van der Waals surface area contributed by atoms with Gasteiger partial charge in [-0.15, -0.1) is 0 Å². The van der Waals surface area contributed by atoms with Crippen molar-refractivity contribution >= 4 is 5.97 Å². The van der Waals surface area contributed by atoms with E-state index in [0.717, 1.165) is 6.42 Å². The lowest BCUT2D eigenvalue weighted by molar-refractivity contribution is -0.150. The van der Waals surface area contributed by atoms with Crippen LogP contribution in [-0.4, -0.2) is 31.1 Å². The van der Waals surface area contributed by atoms with E-state index >= 15 is 0 Å². The average molecular weight is 216 g/mol. The number of rotatable bonds is 4. The molecule has 1 aliphatic rings. The Morgan fingerprint density at radius 2 is 1.93 bits per heavy atom. The first kappa shape index (κ1) is 12.5. The maximum absolute atomic E-state index is 11.0. The lowest BCUT2D eigenvalue weighted by Crippen LogP contribution is -2.23. The largest absolute Gasteiger partial charge is 0.469 e. The number of methoxy groups -OCH3 is 1. The lowest BCUT2D eigenvalue weighted by atomic mass is 10.1. The van der Waals surface area contributed by atoms with Gasteiger partial charge in [0, 0.05) is 6.42 Å². The van der Waals surface area contributed by atoms with Crippen molar-refractivity contribution in [2.24, 2.45) is 0 Å². The van der Waals surface area contributed by atoms with E-state index in [-0.39, 0.29) is 18.2 Å². The molecule has 0 aromatic heterocycles. The summed E-state index contributed by atoms with van der Waals surface area (Å²) in [6.45, 7) is 5.85. The molecular weight excluding hydrogens is 196 g/mol. The van der Waals surface area contributed by atoms with Crippen molar-refractivity contribution in [3.63, 3.8) is 0 Å². The highest BCUT2D eigenvalue weighted by molar-refractivity contribution is 5.69.